The Kier molecular flexibility index (Phi) is 3.36. The molecule has 0 bridgehead atoms. The Morgan fingerprint density at radius 1 is 1.40 bits per heavy atom. The van der Waals surface area contributed by atoms with Crippen LogP contribution in [0.1, 0.15) is 30.9 Å². The van der Waals surface area contributed by atoms with Crippen LogP contribution < -0.4 is 0 Å². The normalized spacial score (nSPS) is 30.7. The van der Waals surface area contributed by atoms with Crippen LogP contribution in [0.4, 0.5) is 0 Å². The fourth-order valence-corrected chi connectivity index (χ4v) is 2.77. The smallest absolute Gasteiger partial charge is 0.0908 e. The fourth-order valence-electron chi connectivity index (χ4n) is 2.15. The Morgan fingerprint density at radius 2 is 2.07 bits per heavy atom. The minimum Gasteiger partial charge on any atom is -0.367 e. The number of hydrogen-bond donors (Lipinski definition) is 0. The molecule has 2 rings (SSSR count). The Hall–Kier alpha value is -0.0900. The number of benzene rings is 1. The summed E-state index contributed by atoms with van der Waals surface area (Å²) in [4.78, 5) is 0. The van der Waals surface area contributed by atoms with E-state index in [1.165, 1.54) is 17.5 Å². The molecule has 1 aromatic rings. The average molecular weight is 316 g/mol. The Balaban J connectivity index is 2.20. The van der Waals surface area contributed by atoms with Gasteiger partial charge in [-0.2, -0.15) is 0 Å². The molecule has 1 fully saturated rings. The van der Waals surface area contributed by atoms with Crippen molar-refractivity contribution < 1.29 is 4.74 Å². The van der Waals surface area contributed by atoms with E-state index in [4.69, 9.17) is 4.74 Å². The first-order valence-corrected chi connectivity index (χ1v) is 6.97. The number of alkyl halides is 1. The summed E-state index contributed by atoms with van der Waals surface area (Å²) in [6.45, 7) is 4.33. The molecule has 0 radical (unpaired) electrons. The lowest BCUT2D eigenvalue weighted by Crippen LogP contribution is -2.22. The van der Waals surface area contributed by atoms with Crippen molar-refractivity contribution >= 4 is 22.6 Å². The number of halogens is 1. The van der Waals surface area contributed by atoms with Gasteiger partial charge >= 0.3 is 0 Å². The van der Waals surface area contributed by atoms with Crippen LogP contribution in [0.3, 0.4) is 0 Å². The van der Waals surface area contributed by atoms with E-state index in [0.29, 0.717) is 6.10 Å². The largest absolute Gasteiger partial charge is 0.367 e. The zero-order chi connectivity index (χ0) is 10.9. The van der Waals surface area contributed by atoms with E-state index < -0.39 is 0 Å². The zero-order valence-electron chi connectivity index (χ0n) is 9.29. The van der Waals surface area contributed by atoms with E-state index in [1.807, 2.05) is 0 Å². The van der Waals surface area contributed by atoms with Crippen molar-refractivity contribution in [2.75, 3.05) is 4.43 Å². The molecule has 2 atom stereocenters. The van der Waals surface area contributed by atoms with E-state index >= 15 is 0 Å². The summed E-state index contributed by atoms with van der Waals surface area (Å²) in [7, 11) is 0. The van der Waals surface area contributed by atoms with Crippen LogP contribution in [0, 0.1) is 6.92 Å². The van der Waals surface area contributed by atoms with Crippen LogP contribution >= 0.6 is 22.6 Å². The molecule has 0 saturated carbocycles. The third-order valence-corrected chi connectivity index (χ3v) is 4.19. The van der Waals surface area contributed by atoms with E-state index in [1.54, 1.807) is 0 Å². The van der Waals surface area contributed by atoms with Gasteiger partial charge in [0.05, 0.1) is 11.7 Å². The van der Waals surface area contributed by atoms with Gasteiger partial charge in [0, 0.05) is 4.43 Å². The summed E-state index contributed by atoms with van der Waals surface area (Å²) in [6.07, 6.45) is 2.77. The zero-order valence-corrected chi connectivity index (χ0v) is 11.5. The Morgan fingerprint density at radius 3 is 2.60 bits per heavy atom. The minimum atomic E-state index is -0.0520. The molecule has 0 spiro atoms. The van der Waals surface area contributed by atoms with Crippen LogP contribution in [-0.2, 0) is 10.3 Å². The molecule has 0 aromatic heterocycles. The van der Waals surface area contributed by atoms with Gasteiger partial charge in [0.15, 0.2) is 0 Å². The molecule has 0 aliphatic carbocycles. The first-order valence-electron chi connectivity index (χ1n) is 5.45. The van der Waals surface area contributed by atoms with Gasteiger partial charge in [0.1, 0.15) is 0 Å². The van der Waals surface area contributed by atoms with Crippen LogP contribution in [0.25, 0.3) is 0 Å². The maximum atomic E-state index is 6.12. The van der Waals surface area contributed by atoms with Crippen molar-refractivity contribution in [2.45, 2.75) is 38.4 Å². The molecule has 2 heteroatoms. The molecule has 0 N–H and O–H groups in total. The molecule has 1 aliphatic heterocycles. The SMILES string of the molecule is Cc1ccc(C2(C)CCC(CI)O2)cc1. The summed E-state index contributed by atoms with van der Waals surface area (Å²) < 4.78 is 7.21. The van der Waals surface area contributed by atoms with Crippen LogP contribution in [0.5, 0.6) is 0 Å². The summed E-state index contributed by atoms with van der Waals surface area (Å²) in [5.74, 6) is 0. The van der Waals surface area contributed by atoms with E-state index in [2.05, 4.69) is 60.7 Å². The lowest BCUT2D eigenvalue weighted by atomic mass is 9.92. The highest BCUT2D eigenvalue weighted by Gasteiger charge is 2.36. The highest BCUT2D eigenvalue weighted by atomic mass is 127. The summed E-state index contributed by atoms with van der Waals surface area (Å²) in [6, 6.07) is 8.73. The second-order valence-electron chi connectivity index (χ2n) is 4.53. The second kappa shape index (κ2) is 4.42. The Bertz CT molecular complexity index is 333. The molecule has 1 nitrogen and oxygen atoms in total. The number of ether oxygens (including phenoxy) is 1. The third-order valence-electron chi connectivity index (χ3n) is 3.20. The lowest BCUT2D eigenvalue weighted by Gasteiger charge is -2.25. The van der Waals surface area contributed by atoms with Gasteiger partial charge in [-0.15, -0.1) is 0 Å². The molecule has 1 heterocycles. The predicted octanol–water partition coefficient (Wildman–Crippen LogP) is 3.82. The summed E-state index contributed by atoms with van der Waals surface area (Å²) >= 11 is 2.41. The molecular formula is C13H17IO. The van der Waals surface area contributed by atoms with E-state index in [-0.39, 0.29) is 5.60 Å². The molecule has 1 aromatic carbocycles. The van der Waals surface area contributed by atoms with Gasteiger partial charge < -0.3 is 4.74 Å². The molecule has 2 unspecified atom stereocenters. The second-order valence-corrected chi connectivity index (χ2v) is 5.41. The van der Waals surface area contributed by atoms with Gasteiger partial charge in [-0.05, 0) is 32.3 Å². The summed E-state index contributed by atoms with van der Waals surface area (Å²) in [5, 5.41) is 0. The van der Waals surface area contributed by atoms with Crippen LogP contribution in [-0.4, -0.2) is 10.5 Å². The van der Waals surface area contributed by atoms with Gasteiger partial charge in [0.2, 0.25) is 0 Å². The van der Waals surface area contributed by atoms with Crippen molar-refractivity contribution in [3.05, 3.63) is 35.4 Å². The monoisotopic (exact) mass is 316 g/mol. The molecule has 1 aliphatic rings. The lowest BCUT2D eigenvalue weighted by molar-refractivity contribution is -0.0214. The standard InChI is InChI=1S/C13H17IO/c1-10-3-5-11(6-4-10)13(2)8-7-12(9-14)15-13/h3-6,12H,7-9H2,1-2H3. The molecule has 1 saturated heterocycles. The summed E-state index contributed by atoms with van der Waals surface area (Å²) in [5.41, 5.74) is 2.58. The number of hydrogen-bond acceptors (Lipinski definition) is 1. The van der Waals surface area contributed by atoms with Crippen molar-refractivity contribution in [2.24, 2.45) is 0 Å². The van der Waals surface area contributed by atoms with Gasteiger partial charge in [-0.1, -0.05) is 52.4 Å². The first-order chi connectivity index (χ1) is 7.14. The molecular weight excluding hydrogens is 299 g/mol. The predicted molar refractivity (Wildman–Crippen MR) is 71.5 cm³/mol. The van der Waals surface area contributed by atoms with Gasteiger partial charge in [-0.3, -0.25) is 0 Å². The van der Waals surface area contributed by atoms with Crippen molar-refractivity contribution in [1.29, 1.82) is 0 Å². The highest BCUT2D eigenvalue weighted by Crippen LogP contribution is 2.39. The van der Waals surface area contributed by atoms with Gasteiger partial charge in [-0.25, -0.2) is 0 Å². The highest BCUT2D eigenvalue weighted by molar-refractivity contribution is 14.1. The van der Waals surface area contributed by atoms with Crippen LogP contribution in [0.15, 0.2) is 24.3 Å². The molecule has 82 valence electrons. The molecule has 15 heavy (non-hydrogen) atoms. The number of aryl methyl sites for hydroxylation is 1. The van der Waals surface area contributed by atoms with Gasteiger partial charge in [0.25, 0.3) is 0 Å². The fraction of sp³-hybridized carbons (Fsp3) is 0.538. The van der Waals surface area contributed by atoms with Crippen LogP contribution in [0.2, 0.25) is 0 Å². The quantitative estimate of drug-likeness (QED) is 0.595. The number of rotatable bonds is 2. The van der Waals surface area contributed by atoms with Crippen molar-refractivity contribution in [3.63, 3.8) is 0 Å². The van der Waals surface area contributed by atoms with Crippen molar-refractivity contribution in [1.82, 2.24) is 0 Å². The van der Waals surface area contributed by atoms with E-state index in [9.17, 15) is 0 Å². The minimum absolute atomic E-state index is 0.0520. The third kappa shape index (κ3) is 2.36. The molecule has 0 amide bonds. The maximum Gasteiger partial charge on any atom is 0.0908 e. The average Bonchev–Trinajstić information content (AvgIpc) is 2.62. The van der Waals surface area contributed by atoms with Crippen molar-refractivity contribution in [3.8, 4) is 0 Å². The maximum absolute atomic E-state index is 6.12. The topological polar surface area (TPSA) is 9.23 Å². The van der Waals surface area contributed by atoms with E-state index in [0.717, 1.165) is 10.8 Å². The Labute approximate surface area is 105 Å². The first kappa shape index (κ1) is 11.4.